The molecule has 3 rings (SSSR count). The Morgan fingerprint density at radius 1 is 1.19 bits per heavy atom. The summed E-state index contributed by atoms with van der Waals surface area (Å²) in [6, 6.07) is 14.0. The minimum absolute atomic E-state index is 0.208. The maximum absolute atomic E-state index is 13.4. The smallest absolute Gasteiger partial charge is 0.352 e. The number of carboxylic acid groups (broad SMARTS) is 1. The molecule has 1 aromatic heterocycles. The van der Waals surface area contributed by atoms with Gasteiger partial charge in [0.15, 0.2) is 0 Å². The molecule has 0 saturated carbocycles. The van der Waals surface area contributed by atoms with Crippen LogP contribution < -0.4 is 0 Å². The molecule has 0 aliphatic carbocycles. The second-order valence-corrected chi connectivity index (χ2v) is 5.01. The maximum atomic E-state index is 13.4. The summed E-state index contributed by atoms with van der Waals surface area (Å²) in [5.41, 5.74) is 2.53. The molecule has 1 N–H and O–H groups in total. The molecule has 0 amide bonds. The Morgan fingerprint density at radius 2 is 1.90 bits per heavy atom. The second kappa shape index (κ2) is 5.05. The highest BCUT2D eigenvalue weighted by atomic mass is 19.1. The quantitative estimate of drug-likeness (QED) is 0.793. The van der Waals surface area contributed by atoms with Crippen LogP contribution in [0.3, 0.4) is 0 Å². The van der Waals surface area contributed by atoms with Crippen molar-refractivity contribution in [3.8, 4) is 0 Å². The molecule has 0 aliphatic heterocycles. The highest BCUT2D eigenvalue weighted by Crippen LogP contribution is 2.27. The lowest BCUT2D eigenvalue weighted by Gasteiger charge is -2.09. The molecule has 3 aromatic rings. The van der Waals surface area contributed by atoms with Crippen molar-refractivity contribution < 1.29 is 14.3 Å². The zero-order valence-electron chi connectivity index (χ0n) is 11.5. The van der Waals surface area contributed by atoms with E-state index in [2.05, 4.69) is 0 Å². The highest BCUT2D eigenvalue weighted by Gasteiger charge is 2.20. The third-order valence-electron chi connectivity index (χ3n) is 3.66. The van der Waals surface area contributed by atoms with Crippen molar-refractivity contribution in [2.45, 2.75) is 13.5 Å². The fourth-order valence-corrected chi connectivity index (χ4v) is 2.70. The predicted molar refractivity (Wildman–Crippen MR) is 79.1 cm³/mol. The maximum Gasteiger partial charge on any atom is 0.352 e. The fourth-order valence-electron chi connectivity index (χ4n) is 2.70. The molecular weight excluding hydrogens is 269 g/mol. The van der Waals surface area contributed by atoms with E-state index in [1.54, 1.807) is 17.6 Å². The van der Waals surface area contributed by atoms with E-state index in [4.69, 9.17) is 0 Å². The van der Waals surface area contributed by atoms with Gasteiger partial charge in [-0.25, -0.2) is 9.18 Å². The third kappa shape index (κ3) is 2.29. The van der Waals surface area contributed by atoms with Crippen LogP contribution in [-0.2, 0) is 6.54 Å². The van der Waals surface area contributed by atoms with Crippen LogP contribution in [0.15, 0.2) is 48.5 Å². The van der Waals surface area contributed by atoms with Gasteiger partial charge in [-0.2, -0.15) is 0 Å². The molecule has 0 bridgehead atoms. The molecule has 106 valence electrons. The van der Waals surface area contributed by atoms with E-state index < -0.39 is 5.97 Å². The van der Waals surface area contributed by atoms with Crippen molar-refractivity contribution in [3.63, 3.8) is 0 Å². The Labute approximate surface area is 121 Å². The van der Waals surface area contributed by atoms with Crippen LogP contribution in [0.4, 0.5) is 4.39 Å². The van der Waals surface area contributed by atoms with Gasteiger partial charge in [0, 0.05) is 17.4 Å². The van der Waals surface area contributed by atoms with Crippen molar-refractivity contribution in [2.75, 3.05) is 0 Å². The first kappa shape index (κ1) is 13.4. The van der Waals surface area contributed by atoms with E-state index in [9.17, 15) is 14.3 Å². The lowest BCUT2D eigenvalue weighted by molar-refractivity contribution is 0.0685. The van der Waals surface area contributed by atoms with Crippen LogP contribution in [0.1, 0.15) is 21.6 Å². The van der Waals surface area contributed by atoms with Gasteiger partial charge in [0.1, 0.15) is 11.5 Å². The van der Waals surface area contributed by atoms with Crippen LogP contribution in [-0.4, -0.2) is 15.6 Å². The van der Waals surface area contributed by atoms with Gasteiger partial charge in [-0.15, -0.1) is 0 Å². The minimum atomic E-state index is -1.000. The van der Waals surface area contributed by atoms with Gasteiger partial charge in [-0.1, -0.05) is 30.3 Å². The Balaban J connectivity index is 2.24. The van der Waals surface area contributed by atoms with Crippen molar-refractivity contribution >= 4 is 16.9 Å². The SMILES string of the molecule is Cc1c(C(=O)O)n(Cc2ccccc2)c2ccc(F)cc12. The normalized spacial score (nSPS) is 11.0. The molecule has 0 spiro atoms. The number of aromatic carboxylic acids is 1. The fraction of sp³-hybridized carbons (Fsp3) is 0.118. The summed E-state index contributed by atoms with van der Waals surface area (Å²) in [5, 5.41) is 10.1. The zero-order chi connectivity index (χ0) is 15.0. The lowest BCUT2D eigenvalue weighted by atomic mass is 10.1. The number of benzene rings is 2. The number of rotatable bonds is 3. The number of fused-ring (bicyclic) bond motifs is 1. The Hall–Kier alpha value is -2.62. The predicted octanol–water partition coefficient (Wildman–Crippen LogP) is 3.84. The first-order valence-electron chi connectivity index (χ1n) is 6.63. The average molecular weight is 283 g/mol. The van der Waals surface area contributed by atoms with Gasteiger partial charge in [0.2, 0.25) is 0 Å². The molecule has 0 fully saturated rings. The van der Waals surface area contributed by atoms with E-state index in [0.717, 1.165) is 11.1 Å². The largest absolute Gasteiger partial charge is 0.477 e. The zero-order valence-corrected chi connectivity index (χ0v) is 11.5. The number of nitrogens with zero attached hydrogens (tertiary/aromatic N) is 1. The lowest BCUT2D eigenvalue weighted by Crippen LogP contribution is -2.10. The highest BCUT2D eigenvalue weighted by molar-refractivity contribution is 5.98. The van der Waals surface area contributed by atoms with E-state index >= 15 is 0 Å². The molecule has 1 heterocycles. The van der Waals surface area contributed by atoms with Crippen molar-refractivity contribution in [1.29, 1.82) is 0 Å². The summed E-state index contributed by atoms with van der Waals surface area (Å²) in [6.07, 6.45) is 0. The molecule has 0 unspecified atom stereocenters. The Kier molecular flexibility index (Phi) is 3.22. The second-order valence-electron chi connectivity index (χ2n) is 5.01. The van der Waals surface area contributed by atoms with Crippen molar-refractivity contribution in [3.05, 3.63) is 71.2 Å². The number of hydrogen-bond acceptors (Lipinski definition) is 1. The Morgan fingerprint density at radius 3 is 2.57 bits per heavy atom. The van der Waals surface area contributed by atoms with Crippen LogP contribution >= 0.6 is 0 Å². The Bertz CT molecular complexity index is 822. The van der Waals surface area contributed by atoms with Gasteiger partial charge in [0.05, 0.1) is 0 Å². The first-order chi connectivity index (χ1) is 10.1. The molecule has 0 saturated heterocycles. The van der Waals surface area contributed by atoms with E-state index in [-0.39, 0.29) is 11.5 Å². The third-order valence-corrected chi connectivity index (χ3v) is 3.66. The van der Waals surface area contributed by atoms with Crippen molar-refractivity contribution in [2.24, 2.45) is 0 Å². The van der Waals surface area contributed by atoms with Gasteiger partial charge in [-0.3, -0.25) is 0 Å². The van der Waals surface area contributed by atoms with Gasteiger partial charge in [0.25, 0.3) is 0 Å². The standard InChI is InChI=1S/C17H14FNO2/c1-11-14-9-13(18)7-8-15(14)19(16(11)17(20)21)10-12-5-3-2-4-6-12/h2-9H,10H2,1H3,(H,20,21). The van der Waals surface area contributed by atoms with Crippen LogP contribution in [0.5, 0.6) is 0 Å². The molecule has 3 nitrogen and oxygen atoms in total. The molecule has 2 aromatic carbocycles. The van der Waals surface area contributed by atoms with Crippen LogP contribution in [0.2, 0.25) is 0 Å². The van der Waals surface area contributed by atoms with Crippen molar-refractivity contribution in [1.82, 2.24) is 4.57 Å². The van der Waals surface area contributed by atoms with Crippen LogP contribution in [0, 0.1) is 12.7 Å². The summed E-state index contributed by atoms with van der Waals surface area (Å²) < 4.78 is 15.2. The van der Waals surface area contributed by atoms with E-state index in [0.29, 0.717) is 17.5 Å². The topological polar surface area (TPSA) is 42.2 Å². The summed E-state index contributed by atoms with van der Waals surface area (Å²) in [7, 11) is 0. The number of halogens is 1. The monoisotopic (exact) mass is 283 g/mol. The average Bonchev–Trinajstić information content (AvgIpc) is 2.72. The van der Waals surface area contributed by atoms with Gasteiger partial charge >= 0.3 is 5.97 Å². The van der Waals surface area contributed by atoms with Gasteiger partial charge < -0.3 is 9.67 Å². The molecule has 0 aliphatic rings. The van der Waals surface area contributed by atoms with E-state index in [1.807, 2.05) is 30.3 Å². The number of carboxylic acids is 1. The molecule has 21 heavy (non-hydrogen) atoms. The molecular formula is C17H14FNO2. The molecule has 0 atom stereocenters. The molecule has 4 heteroatoms. The number of aryl methyl sites for hydroxylation is 1. The number of carbonyl (C=O) groups is 1. The number of hydrogen-bond donors (Lipinski definition) is 1. The van der Waals surface area contributed by atoms with E-state index in [1.165, 1.54) is 12.1 Å². The first-order valence-corrected chi connectivity index (χ1v) is 6.63. The summed E-state index contributed by atoms with van der Waals surface area (Å²) >= 11 is 0. The number of aromatic nitrogens is 1. The summed E-state index contributed by atoms with van der Waals surface area (Å²) in [6.45, 7) is 2.16. The summed E-state index contributed by atoms with van der Waals surface area (Å²) in [5.74, 6) is -1.36. The van der Waals surface area contributed by atoms with Gasteiger partial charge in [-0.05, 0) is 36.2 Å². The summed E-state index contributed by atoms with van der Waals surface area (Å²) in [4.78, 5) is 11.6. The molecule has 0 radical (unpaired) electrons. The van der Waals surface area contributed by atoms with Crippen LogP contribution in [0.25, 0.3) is 10.9 Å². The minimum Gasteiger partial charge on any atom is -0.477 e.